The SMILES string of the molecule is C=CCN(CC=C)C(=O)CN1CCCC1C(=O)OCC. The second-order valence-electron chi connectivity index (χ2n) is 4.76. The topological polar surface area (TPSA) is 49.9 Å². The quantitative estimate of drug-likeness (QED) is 0.495. The van der Waals surface area contributed by atoms with Crippen LogP contribution in [0.3, 0.4) is 0 Å². The van der Waals surface area contributed by atoms with E-state index < -0.39 is 0 Å². The highest BCUT2D eigenvalue weighted by molar-refractivity contribution is 5.81. The Morgan fingerprint density at radius 3 is 2.55 bits per heavy atom. The van der Waals surface area contributed by atoms with Gasteiger partial charge in [-0.25, -0.2) is 0 Å². The van der Waals surface area contributed by atoms with E-state index in [1.807, 2.05) is 4.90 Å². The molecule has 1 saturated heterocycles. The van der Waals surface area contributed by atoms with Crippen molar-refractivity contribution in [2.24, 2.45) is 0 Å². The molecule has 0 aromatic heterocycles. The fourth-order valence-electron chi connectivity index (χ4n) is 2.38. The molecule has 1 unspecified atom stereocenters. The van der Waals surface area contributed by atoms with Gasteiger partial charge in [0.15, 0.2) is 0 Å². The summed E-state index contributed by atoms with van der Waals surface area (Å²) in [5, 5.41) is 0. The molecule has 0 saturated carbocycles. The lowest BCUT2D eigenvalue weighted by atomic mass is 10.2. The van der Waals surface area contributed by atoms with Gasteiger partial charge in [0.2, 0.25) is 5.91 Å². The lowest BCUT2D eigenvalue weighted by Crippen LogP contribution is -2.45. The van der Waals surface area contributed by atoms with E-state index >= 15 is 0 Å². The lowest BCUT2D eigenvalue weighted by Gasteiger charge is -2.26. The van der Waals surface area contributed by atoms with Crippen molar-refractivity contribution in [3.8, 4) is 0 Å². The molecule has 112 valence electrons. The number of ether oxygens (including phenoxy) is 1. The molecular formula is C15H24N2O3. The maximum Gasteiger partial charge on any atom is 0.323 e. The molecule has 5 heteroatoms. The van der Waals surface area contributed by atoms with Crippen LogP contribution in [0.2, 0.25) is 0 Å². The van der Waals surface area contributed by atoms with Crippen molar-refractivity contribution in [2.45, 2.75) is 25.8 Å². The Labute approximate surface area is 120 Å². The van der Waals surface area contributed by atoms with Crippen molar-refractivity contribution < 1.29 is 14.3 Å². The number of rotatable bonds is 8. The third-order valence-electron chi connectivity index (χ3n) is 3.31. The number of amides is 1. The van der Waals surface area contributed by atoms with Gasteiger partial charge in [-0.3, -0.25) is 14.5 Å². The Hall–Kier alpha value is -1.62. The summed E-state index contributed by atoms with van der Waals surface area (Å²) in [5.41, 5.74) is 0. The number of hydrogen-bond acceptors (Lipinski definition) is 4. The van der Waals surface area contributed by atoms with Crippen molar-refractivity contribution in [3.63, 3.8) is 0 Å². The van der Waals surface area contributed by atoms with Crippen LogP contribution in [0.15, 0.2) is 25.3 Å². The molecule has 0 spiro atoms. The Kier molecular flexibility index (Phi) is 7.01. The van der Waals surface area contributed by atoms with E-state index in [2.05, 4.69) is 13.2 Å². The molecule has 1 fully saturated rings. The molecule has 0 aromatic rings. The maximum atomic E-state index is 12.2. The average Bonchev–Trinajstić information content (AvgIpc) is 2.87. The molecule has 0 radical (unpaired) electrons. The Bertz CT molecular complexity index is 358. The predicted molar refractivity (Wildman–Crippen MR) is 78.2 cm³/mol. The van der Waals surface area contributed by atoms with Gasteiger partial charge in [-0.2, -0.15) is 0 Å². The molecule has 1 aliphatic heterocycles. The summed E-state index contributed by atoms with van der Waals surface area (Å²) in [7, 11) is 0. The van der Waals surface area contributed by atoms with Gasteiger partial charge in [0, 0.05) is 13.1 Å². The Morgan fingerprint density at radius 2 is 2.00 bits per heavy atom. The van der Waals surface area contributed by atoms with Crippen LogP contribution in [0.5, 0.6) is 0 Å². The van der Waals surface area contributed by atoms with Crippen LogP contribution < -0.4 is 0 Å². The summed E-state index contributed by atoms with van der Waals surface area (Å²) < 4.78 is 5.06. The van der Waals surface area contributed by atoms with Gasteiger partial charge in [-0.1, -0.05) is 12.2 Å². The molecule has 1 heterocycles. The number of nitrogens with zero attached hydrogens (tertiary/aromatic N) is 2. The van der Waals surface area contributed by atoms with Crippen molar-refractivity contribution in [2.75, 3.05) is 32.8 Å². The lowest BCUT2D eigenvalue weighted by molar-refractivity contribution is -0.149. The van der Waals surface area contributed by atoms with E-state index in [0.29, 0.717) is 19.7 Å². The molecule has 0 aromatic carbocycles. The third kappa shape index (κ3) is 4.49. The highest BCUT2D eigenvalue weighted by Crippen LogP contribution is 2.18. The zero-order chi connectivity index (χ0) is 15.0. The first kappa shape index (κ1) is 16.4. The normalized spacial score (nSPS) is 18.6. The van der Waals surface area contributed by atoms with Crippen LogP contribution in [0.4, 0.5) is 0 Å². The van der Waals surface area contributed by atoms with E-state index in [1.165, 1.54) is 0 Å². The molecule has 1 atom stereocenters. The fraction of sp³-hybridized carbons (Fsp3) is 0.600. The van der Waals surface area contributed by atoms with E-state index in [4.69, 9.17) is 4.74 Å². The second kappa shape index (κ2) is 8.53. The summed E-state index contributed by atoms with van der Waals surface area (Å²) in [6.07, 6.45) is 5.05. The summed E-state index contributed by atoms with van der Waals surface area (Å²) in [5.74, 6) is -0.238. The second-order valence-corrected chi connectivity index (χ2v) is 4.76. The third-order valence-corrected chi connectivity index (χ3v) is 3.31. The number of likely N-dealkylation sites (tertiary alicyclic amines) is 1. The minimum Gasteiger partial charge on any atom is -0.465 e. The average molecular weight is 280 g/mol. The van der Waals surface area contributed by atoms with Crippen LogP contribution in [0.1, 0.15) is 19.8 Å². The smallest absolute Gasteiger partial charge is 0.323 e. The molecule has 0 N–H and O–H groups in total. The van der Waals surface area contributed by atoms with Crippen LogP contribution >= 0.6 is 0 Å². The molecule has 1 amide bonds. The number of esters is 1. The zero-order valence-corrected chi connectivity index (χ0v) is 12.2. The maximum absolute atomic E-state index is 12.2. The van der Waals surface area contributed by atoms with Crippen molar-refractivity contribution in [1.82, 2.24) is 9.80 Å². The molecule has 0 aliphatic carbocycles. The largest absolute Gasteiger partial charge is 0.465 e. The summed E-state index contributed by atoms with van der Waals surface area (Å²) in [6.45, 7) is 11.4. The Balaban J connectivity index is 2.60. The van der Waals surface area contributed by atoms with E-state index in [9.17, 15) is 9.59 Å². The minimum atomic E-state index is -0.284. The van der Waals surface area contributed by atoms with Crippen LogP contribution in [0.25, 0.3) is 0 Å². The van der Waals surface area contributed by atoms with Gasteiger partial charge in [-0.15, -0.1) is 13.2 Å². The molecular weight excluding hydrogens is 256 g/mol. The number of hydrogen-bond donors (Lipinski definition) is 0. The van der Waals surface area contributed by atoms with E-state index in [0.717, 1.165) is 19.4 Å². The van der Waals surface area contributed by atoms with Gasteiger partial charge >= 0.3 is 5.97 Å². The van der Waals surface area contributed by atoms with Crippen LogP contribution in [0, 0.1) is 0 Å². The highest BCUT2D eigenvalue weighted by atomic mass is 16.5. The molecule has 1 rings (SSSR count). The Morgan fingerprint density at radius 1 is 1.35 bits per heavy atom. The van der Waals surface area contributed by atoms with Gasteiger partial charge in [0.25, 0.3) is 0 Å². The van der Waals surface area contributed by atoms with Crippen molar-refractivity contribution in [3.05, 3.63) is 25.3 Å². The van der Waals surface area contributed by atoms with Crippen LogP contribution in [-0.2, 0) is 14.3 Å². The number of carbonyl (C=O) groups excluding carboxylic acids is 2. The van der Waals surface area contributed by atoms with Crippen LogP contribution in [-0.4, -0.2) is 60.5 Å². The van der Waals surface area contributed by atoms with E-state index in [1.54, 1.807) is 24.0 Å². The first-order valence-electron chi connectivity index (χ1n) is 7.04. The van der Waals surface area contributed by atoms with Crippen molar-refractivity contribution >= 4 is 11.9 Å². The molecule has 20 heavy (non-hydrogen) atoms. The summed E-state index contributed by atoms with van der Waals surface area (Å²) in [4.78, 5) is 27.6. The molecule has 5 nitrogen and oxygen atoms in total. The fourth-order valence-corrected chi connectivity index (χ4v) is 2.38. The summed E-state index contributed by atoms with van der Waals surface area (Å²) >= 11 is 0. The van der Waals surface area contributed by atoms with Gasteiger partial charge in [-0.05, 0) is 26.3 Å². The van der Waals surface area contributed by atoms with E-state index in [-0.39, 0.29) is 24.5 Å². The zero-order valence-electron chi connectivity index (χ0n) is 12.2. The first-order valence-corrected chi connectivity index (χ1v) is 7.04. The highest BCUT2D eigenvalue weighted by Gasteiger charge is 2.33. The first-order chi connectivity index (χ1) is 9.63. The summed E-state index contributed by atoms with van der Waals surface area (Å²) in [6, 6.07) is -0.284. The molecule has 0 bridgehead atoms. The standard InChI is InChI=1S/C15H24N2O3/c1-4-9-16(10-5-2)14(18)12-17-11-7-8-13(17)15(19)20-6-3/h4-5,13H,1-2,6-12H2,3H3. The van der Waals surface area contributed by atoms with Crippen molar-refractivity contribution in [1.29, 1.82) is 0 Å². The van der Waals surface area contributed by atoms with Gasteiger partial charge in [0.1, 0.15) is 6.04 Å². The minimum absolute atomic E-state index is 0.0130. The predicted octanol–water partition coefficient (Wildman–Crippen LogP) is 1.21. The van der Waals surface area contributed by atoms with Gasteiger partial charge < -0.3 is 9.64 Å². The monoisotopic (exact) mass is 280 g/mol. The van der Waals surface area contributed by atoms with Gasteiger partial charge in [0.05, 0.1) is 13.2 Å². The number of carbonyl (C=O) groups is 2. The molecule has 1 aliphatic rings.